The third-order valence-corrected chi connectivity index (χ3v) is 1.91. The molecule has 1 unspecified atom stereocenters. The molecule has 1 amide bonds. The lowest BCUT2D eigenvalue weighted by Gasteiger charge is -2.18. The number of rotatable bonds is 4. The molecular weight excluding hydrogens is 222 g/mol. The summed E-state index contributed by atoms with van der Waals surface area (Å²) in [6.45, 7) is 4.85. The molecule has 1 N–H and O–H groups in total. The Morgan fingerprint density at radius 3 is 2.41 bits per heavy atom. The summed E-state index contributed by atoms with van der Waals surface area (Å²) in [5, 5.41) is 13.0. The van der Waals surface area contributed by atoms with Gasteiger partial charge in [0, 0.05) is 5.69 Å². The van der Waals surface area contributed by atoms with E-state index in [0.29, 0.717) is 5.69 Å². The molecule has 1 rings (SSSR count). The highest BCUT2D eigenvalue weighted by atomic mass is 16.6. The minimum absolute atomic E-state index is 0.188. The van der Waals surface area contributed by atoms with Gasteiger partial charge in [0.15, 0.2) is 6.10 Å². The molecule has 0 fully saturated rings. The van der Waals surface area contributed by atoms with E-state index in [1.54, 1.807) is 30.3 Å². The molecule has 0 aliphatic heterocycles. The Kier molecular flexibility index (Phi) is 4.28. The normalized spacial score (nSPS) is 11.4. The van der Waals surface area contributed by atoms with Crippen LogP contribution in [0.5, 0.6) is 0 Å². The predicted octanol–water partition coefficient (Wildman–Crippen LogP) is 0.930. The minimum Gasteiger partial charge on any atom is -0.546 e. The van der Waals surface area contributed by atoms with Crippen molar-refractivity contribution in [2.24, 2.45) is 0 Å². The Morgan fingerprint density at radius 2 is 1.94 bits per heavy atom. The number of carboxylic acid groups (broad SMARTS) is 1. The van der Waals surface area contributed by atoms with Gasteiger partial charge < -0.3 is 14.6 Å². The Balaban J connectivity index is 2.60. The first-order chi connectivity index (χ1) is 8.00. The number of nitrogens with one attached hydrogen (secondary N) is 1. The van der Waals surface area contributed by atoms with E-state index in [-0.39, 0.29) is 5.57 Å². The molecule has 5 heteroatoms. The van der Waals surface area contributed by atoms with Crippen LogP contribution in [0.15, 0.2) is 42.5 Å². The average Bonchev–Trinajstić information content (AvgIpc) is 2.26. The fourth-order valence-electron chi connectivity index (χ4n) is 1.13. The maximum Gasteiger partial charge on any atom is 0.412 e. The number of anilines is 1. The highest BCUT2D eigenvalue weighted by Crippen LogP contribution is 2.08. The zero-order valence-corrected chi connectivity index (χ0v) is 9.30. The second-order valence-corrected chi connectivity index (χ2v) is 3.44. The van der Waals surface area contributed by atoms with Crippen molar-refractivity contribution >= 4 is 17.7 Å². The third-order valence-electron chi connectivity index (χ3n) is 1.91. The Morgan fingerprint density at radius 1 is 1.35 bits per heavy atom. The number of hydrogen-bond acceptors (Lipinski definition) is 4. The topological polar surface area (TPSA) is 78.5 Å². The summed E-state index contributed by atoms with van der Waals surface area (Å²) in [5.74, 6) is -1.50. The monoisotopic (exact) mass is 234 g/mol. The molecule has 0 aliphatic carbocycles. The van der Waals surface area contributed by atoms with E-state index in [1.165, 1.54) is 6.92 Å². The van der Waals surface area contributed by atoms with Gasteiger partial charge in [-0.3, -0.25) is 5.32 Å². The largest absolute Gasteiger partial charge is 0.546 e. The van der Waals surface area contributed by atoms with E-state index >= 15 is 0 Å². The van der Waals surface area contributed by atoms with Gasteiger partial charge in [0.25, 0.3) is 0 Å². The molecule has 0 saturated carbocycles. The molecule has 0 saturated heterocycles. The van der Waals surface area contributed by atoms with Crippen LogP contribution in [0.3, 0.4) is 0 Å². The van der Waals surface area contributed by atoms with Crippen molar-refractivity contribution in [2.45, 2.75) is 13.0 Å². The third kappa shape index (κ3) is 3.98. The standard InChI is InChI=1S/C12H13NO4/c1-8(2)10(11(14)15)17-12(16)13-9-6-4-3-5-7-9/h3-7,10H,1H2,2H3,(H,13,16)(H,14,15)/p-1. The summed E-state index contributed by atoms with van der Waals surface area (Å²) in [7, 11) is 0. The zero-order chi connectivity index (χ0) is 12.8. The summed E-state index contributed by atoms with van der Waals surface area (Å²) in [6.07, 6.45) is -2.31. The summed E-state index contributed by atoms with van der Waals surface area (Å²) in [4.78, 5) is 22.0. The van der Waals surface area contributed by atoms with Crippen molar-refractivity contribution < 1.29 is 19.4 Å². The lowest BCUT2D eigenvalue weighted by atomic mass is 10.2. The van der Waals surface area contributed by atoms with Crippen molar-refractivity contribution in [1.82, 2.24) is 0 Å². The van der Waals surface area contributed by atoms with Gasteiger partial charge in [0.05, 0.1) is 5.97 Å². The smallest absolute Gasteiger partial charge is 0.412 e. The molecular formula is C12H12NO4-. The zero-order valence-electron chi connectivity index (χ0n) is 9.30. The number of carbonyl (C=O) groups excluding carboxylic acids is 2. The molecule has 0 spiro atoms. The van der Waals surface area contributed by atoms with Crippen LogP contribution < -0.4 is 10.4 Å². The van der Waals surface area contributed by atoms with Crippen LogP contribution in [-0.4, -0.2) is 18.2 Å². The second kappa shape index (κ2) is 5.69. The van der Waals surface area contributed by atoms with Crippen molar-refractivity contribution in [3.8, 4) is 0 Å². The Hall–Kier alpha value is -2.30. The Bertz CT molecular complexity index is 413. The van der Waals surface area contributed by atoms with Crippen LogP contribution in [0, 0.1) is 0 Å². The van der Waals surface area contributed by atoms with Crippen molar-refractivity contribution in [3.05, 3.63) is 42.5 Å². The SMILES string of the molecule is C=C(C)C(OC(=O)Nc1ccccc1)C(=O)[O-]. The quantitative estimate of drug-likeness (QED) is 0.786. The van der Waals surface area contributed by atoms with Crippen molar-refractivity contribution in [2.75, 3.05) is 5.32 Å². The predicted molar refractivity (Wildman–Crippen MR) is 60.2 cm³/mol. The highest BCUT2D eigenvalue weighted by molar-refractivity contribution is 5.87. The van der Waals surface area contributed by atoms with E-state index in [0.717, 1.165) is 0 Å². The second-order valence-electron chi connectivity index (χ2n) is 3.44. The summed E-state index contributed by atoms with van der Waals surface area (Å²) < 4.78 is 4.67. The fourth-order valence-corrected chi connectivity index (χ4v) is 1.13. The molecule has 17 heavy (non-hydrogen) atoms. The number of para-hydroxylation sites is 1. The maximum atomic E-state index is 11.4. The van der Waals surface area contributed by atoms with Gasteiger partial charge in [-0.05, 0) is 24.6 Å². The van der Waals surface area contributed by atoms with Crippen LogP contribution in [-0.2, 0) is 9.53 Å². The minimum atomic E-state index is -1.50. The first-order valence-electron chi connectivity index (χ1n) is 4.89. The lowest BCUT2D eigenvalue weighted by molar-refractivity contribution is -0.312. The molecule has 1 aromatic carbocycles. The van der Waals surface area contributed by atoms with Gasteiger partial charge >= 0.3 is 6.09 Å². The molecule has 1 atom stereocenters. The molecule has 90 valence electrons. The van der Waals surface area contributed by atoms with Crippen molar-refractivity contribution in [1.29, 1.82) is 0 Å². The molecule has 1 aromatic rings. The molecule has 0 bridgehead atoms. The number of benzene rings is 1. The molecule has 0 aliphatic rings. The van der Waals surface area contributed by atoms with Crippen LogP contribution >= 0.6 is 0 Å². The van der Waals surface area contributed by atoms with Gasteiger partial charge in [-0.15, -0.1) is 0 Å². The molecule has 0 heterocycles. The average molecular weight is 234 g/mol. The number of aliphatic carboxylic acids is 1. The Labute approximate surface area is 98.7 Å². The summed E-state index contributed by atoms with van der Waals surface area (Å²) in [5.41, 5.74) is 0.699. The first kappa shape index (κ1) is 12.8. The first-order valence-corrected chi connectivity index (χ1v) is 4.89. The van der Waals surface area contributed by atoms with Crippen LogP contribution in [0.4, 0.5) is 10.5 Å². The van der Waals surface area contributed by atoms with Gasteiger partial charge in [0.2, 0.25) is 0 Å². The lowest BCUT2D eigenvalue weighted by Crippen LogP contribution is -2.40. The van der Waals surface area contributed by atoms with E-state index in [9.17, 15) is 14.7 Å². The summed E-state index contributed by atoms with van der Waals surface area (Å²) in [6, 6.07) is 8.54. The highest BCUT2D eigenvalue weighted by Gasteiger charge is 2.16. The fraction of sp³-hybridized carbons (Fsp3) is 0.167. The maximum absolute atomic E-state index is 11.4. The molecule has 5 nitrogen and oxygen atoms in total. The van der Waals surface area contributed by atoms with Crippen LogP contribution in [0.1, 0.15) is 6.92 Å². The molecule has 0 aromatic heterocycles. The van der Waals surface area contributed by atoms with E-state index < -0.39 is 18.2 Å². The van der Waals surface area contributed by atoms with Gasteiger partial charge in [-0.25, -0.2) is 4.79 Å². The number of carboxylic acids is 1. The van der Waals surface area contributed by atoms with Gasteiger partial charge in [-0.1, -0.05) is 24.8 Å². The van der Waals surface area contributed by atoms with E-state index in [1.807, 2.05) is 0 Å². The van der Waals surface area contributed by atoms with E-state index in [2.05, 4.69) is 16.6 Å². The van der Waals surface area contributed by atoms with Crippen LogP contribution in [0.2, 0.25) is 0 Å². The van der Waals surface area contributed by atoms with Gasteiger partial charge in [-0.2, -0.15) is 0 Å². The number of amides is 1. The van der Waals surface area contributed by atoms with Crippen molar-refractivity contribution in [3.63, 3.8) is 0 Å². The number of carbonyl (C=O) groups is 2. The molecule has 0 radical (unpaired) electrons. The van der Waals surface area contributed by atoms with E-state index in [4.69, 9.17) is 0 Å². The van der Waals surface area contributed by atoms with Crippen LogP contribution in [0.25, 0.3) is 0 Å². The summed E-state index contributed by atoms with van der Waals surface area (Å²) >= 11 is 0. The number of ether oxygens (including phenoxy) is 1. The van der Waals surface area contributed by atoms with Gasteiger partial charge in [0.1, 0.15) is 0 Å². The number of hydrogen-bond donors (Lipinski definition) is 1.